The number of nitriles is 1. The Hall–Kier alpha value is -2.65. The molecule has 0 saturated carbocycles. The molecule has 0 bridgehead atoms. The molecule has 0 radical (unpaired) electrons. The molecule has 1 heterocycles. The van der Waals surface area contributed by atoms with E-state index in [1.165, 1.54) is 11.3 Å². The standard InChI is InChI=1S/C16H15N3O2S/c1-9-10(2)22-16(13(9)14(18)20)19-15(21)12-5-3-4-11(8-12)6-7-17/h3-5,8H,6H2,1-2H3,(H2,18,20)(H,19,21). The molecule has 0 aliphatic rings. The summed E-state index contributed by atoms with van der Waals surface area (Å²) < 4.78 is 0. The van der Waals surface area contributed by atoms with E-state index in [4.69, 9.17) is 11.0 Å². The van der Waals surface area contributed by atoms with E-state index >= 15 is 0 Å². The van der Waals surface area contributed by atoms with Crippen LogP contribution in [-0.2, 0) is 6.42 Å². The fourth-order valence-corrected chi connectivity index (χ4v) is 3.16. The van der Waals surface area contributed by atoms with Crippen molar-refractivity contribution >= 4 is 28.2 Å². The SMILES string of the molecule is Cc1sc(NC(=O)c2cccc(CC#N)c2)c(C(N)=O)c1C. The number of aryl methyl sites for hydroxylation is 1. The van der Waals surface area contributed by atoms with Crippen LogP contribution in [-0.4, -0.2) is 11.8 Å². The zero-order valence-electron chi connectivity index (χ0n) is 12.3. The predicted octanol–water partition coefficient (Wildman–Crippen LogP) is 2.78. The van der Waals surface area contributed by atoms with Gasteiger partial charge in [0.2, 0.25) is 0 Å². The van der Waals surface area contributed by atoms with Crippen molar-refractivity contribution in [1.29, 1.82) is 5.26 Å². The van der Waals surface area contributed by atoms with Gasteiger partial charge < -0.3 is 11.1 Å². The number of primary amides is 1. The second kappa shape index (κ2) is 6.41. The lowest BCUT2D eigenvalue weighted by atomic mass is 10.1. The van der Waals surface area contributed by atoms with E-state index in [9.17, 15) is 9.59 Å². The van der Waals surface area contributed by atoms with E-state index in [0.29, 0.717) is 16.1 Å². The maximum atomic E-state index is 12.3. The molecule has 3 N–H and O–H groups in total. The summed E-state index contributed by atoms with van der Waals surface area (Å²) in [5.41, 5.74) is 7.73. The number of hydrogen-bond donors (Lipinski definition) is 2. The average Bonchev–Trinajstić information content (AvgIpc) is 2.74. The monoisotopic (exact) mass is 313 g/mol. The van der Waals surface area contributed by atoms with Crippen LogP contribution in [0.15, 0.2) is 24.3 Å². The highest BCUT2D eigenvalue weighted by Gasteiger charge is 2.19. The molecule has 6 heteroatoms. The third kappa shape index (κ3) is 3.15. The van der Waals surface area contributed by atoms with Crippen molar-refractivity contribution in [3.8, 4) is 6.07 Å². The predicted molar refractivity (Wildman–Crippen MR) is 86.0 cm³/mol. The number of nitrogens with zero attached hydrogens (tertiary/aromatic N) is 1. The van der Waals surface area contributed by atoms with Crippen molar-refractivity contribution in [2.75, 3.05) is 5.32 Å². The smallest absolute Gasteiger partial charge is 0.256 e. The highest BCUT2D eigenvalue weighted by Crippen LogP contribution is 2.32. The Morgan fingerprint density at radius 3 is 2.73 bits per heavy atom. The highest BCUT2D eigenvalue weighted by atomic mass is 32.1. The zero-order valence-corrected chi connectivity index (χ0v) is 13.1. The number of carbonyl (C=O) groups excluding carboxylic acids is 2. The van der Waals surface area contributed by atoms with Crippen LogP contribution in [0.25, 0.3) is 0 Å². The molecule has 2 aromatic rings. The Bertz CT molecular complexity index is 787. The number of rotatable bonds is 4. The summed E-state index contributed by atoms with van der Waals surface area (Å²) in [6.07, 6.45) is 0.241. The van der Waals surface area contributed by atoms with Crippen LogP contribution in [0.5, 0.6) is 0 Å². The van der Waals surface area contributed by atoms with Crippen molar-refractivity contribution in [3.63, 3.8) is 0 Å². The van der Waals surface area contributed by atoms with Gasteiger partial charge in [0.25, 0.3) is 11.8 Å². The van der Waals surface area contributed by atoms with Crippen LogP contribution in [0.3, 0.4) is 0 Å². The minimum Gasteiger partial charge on any atom is -0.365 e. The number of hydrogen-bond acceptors (Lipinski definition) is 4. The topological polar surface area (TPSA) is 96.0 Å². The summed E-state index contributed by atoms with van der Waals surface area (Å²) in [5.74, 6) is -0.890. The van der Waals surface area contributed by atoms with Crippen molar-refractivity contribution < 1.29 is 9.59 Å². The van der Waals surface area contributed by atoms with Gasteiger partial charge in [0, 0.05) is 10.4 Å². The second-order valence-corrected chi connectivity index (χ2v) is 6.07. The number of anilines is 1. The molecule has 1 aromatic carbocycles. The van der Waals surface area contributed by atoms with E-state index in [2.05, 4.69) is 5.32 Å². The Kier molecular flexibility index (Phi) is 4.59. The lowest BCUT2D eigenvalue weighted by Gasteiger charge is -2.06. The summed E-state index contributed by atoms with van der Waals surface area (Å²) in [6, 6.07) is 8.88. The van der Waals surface area contributed by atoms with Gasteiger partial charge in [-0.2, -0.15) is 5.26 Å². The van der Waals surface area contributed by atoms with Crippen molar-refractivity contribution in [1.82, 2.24) is 0 Å². The van der Waals surface area contributed by atoms with E-state index in [-0.39, 0.29) is 12.3 Å². The third-order valence-electron chi connectivity index (χ3n) is 3.33. The maximum Gasteiger partial charge on any atom is 0.256 e. The Morgan fingerprint density at radius 1 is 1.36 bits per heavy atom. The van der Waals surface area contributed by atoms with E-state index in [0.717, 1.165) is 16.0 Å². The molecule has 0 unspecified atom stereocenters. The third-order valence-corrected chi connectivity index (χ3v) is 4.45. The molecule has 0 atom stereocenters. The summed E-state index contributed by atoms with van der Waals surface area (Å²) in [6.45, 7) is 3.67. The average molecular weight is 313 g/mol. The van der Waals surface area contributed by atoms with Gasteiger partial charge in [-0.15, -0.1) is 11.3 Å². The Morgan fingerprint density at radius 2 is 2.09 bits per heavy atom. The second-order valence-electron chi connectivity index (χ2n) is 4.84. The Balaban J connectivity index is 2.30. The lowest BCUT2D eigenvalue weighted by Crippen LogP contribution is -2.17. The first kappa shape index (κ1) is 15.7. The molecule has 0 spiro atoms. The molecule has 5 nitrogen and oxygen atoms in total. The van der Waals surface area contributed by atoms with Crippen LogP contribution in [0.2, 0.25) is 0 Å². The summed E-state index contributed by atoms with van der Waals surface area (Å²) in [4.78, 5) is 24.8. The van der Waals surface area contributed by atoms with Gasteiger partial charge in [-0.05, 0) is 37.1 Å². The minimum absolute atomic E-state index is 0.241. The largest absolute Gasteiger partial charge is 0.365 e. The summed E-state index contributed by atoms with van der Waals surface area (Å²) in [5, 5.41) is 11.9. The Labute approximate surface area is 132 Å². The molecule has 0 aliphatic heterocycles. The molecule has 0 saturated heterocycles. The van der Waals surface area contributed by atoms with E-state index in [1.807, 2.05) is 13.0 Å². The minimum atomic E-state index is -0.560. The number of thiophene rings is 1. The first-order valence-electron chi connectivity index (χ1n) is 6.61. The molecular weight excluding hydrogens is 298 g/mol. The quantitative estimate of drug-likeness (QED) is 0.908. The van der Waals surface area contributed by atoms with Gasteiger partial charge in [0.05, 0.1) is 18.1 Å². The van der Waals surface area contributed by atoms with Gasteiger partial charge in [-0.3, -0.25) is 9.59 Å². The summed E-state index contributed by atoms with van der Waals surface area (Å²) >= 11 is 1.32. The molecular formula is C16H15N3O2S. The van der Waals surface area contributed by atoms with Crippen LogP contribution >= 0.6 is 11.3 Å². The molecule has 1 aromatic heterocycles. The molecule has 2 amide bonds. The fraction of sp³-hybridized carbons (Fsp3) is 0.188. The van der Waals surface area contributed by atoms with Crippen molar-refractivity contribution in [3.05, 3.63) is 51.4 Å². The first-order valence-corrected chi connectivity index (χ1v) is 7.42. The van der Waals surface area contributed by atoms with Crippen molar-refractivity contribution in [2.24, 2.45) is 5.73 Å². The lowest BCUT2D eigenvalue weighted by molar-refractivity contribution is 0.100. The van der Waals surface area contributed by atoms with E-state index in [1.54, 1.807) is 31.2 Å². The van der Waals surface area contributed by atoms with Crippen LogP contribution < -0.4 is 11.1 Å². The highest BCUT2D eigenvalue weighted by molar-refractivity contribution is 7.16. The van der Waals surface area contributed by atoms with E-state index < -0.39 is 5.91 Å². The number of nitrogens with two attached hydrogens (primary N) is 1. The summed E-state index contributed by atoms with van der Waals surface area (Å²) in [7, 11) is 0. The van der Waals surface area contributed by atoms with Gasteiger partial charge in [0.1, 0.15) is 5.00 Å². The van der Waals surface area contributed by atoms with Gasteiger partial charge in [-0.1, -0.05) is 12.1 Å². The van der Waals surface area contributed by atoms with Gasteiger partial charge in [0.15, 0.2) is 0 Å². The first-order chi connectivity index (χ1) is 10.4. The zero-order chi connectivity index (χ0) is 16.3. The molecule has 2 rings (SSSR count). The van der Waals surface area contributed by atoms with Crippen LogP contribution in [0, 0.1) is 25.2 Å². The number of carbonyl (C=O) groups is 2. The molecule has 22 heavy (non-hydrogen) atoms. The van der Waals surface area contributed by atoms with Crippen LogP contribution in [0.1, 0.15) is 36.7 Å². The van der Waals surface area contributed by atoms with Crippen LogP contribution in [0.4, 0.5) is 5.00 Å². The van der Waals surface area contributed by atoms with Gasteiger partial charge >= 0.3 is 0 Å². The maximum absolute atomic E-state index is 12.3. The molecule has 0 aliphatic carbocycles. The number of benzene rings is 1. The fourth-order valence-electron chi connectivity index (χ4n) is 2.10. The normalized spacial score (nSPS) is 10.0. The number of amides is 2. The molecule has 0 fully saturated rings. The number of nitrogens with one attached hydrogen (secondary N) is 1. The van der Waals surface area contributed by atoms with Gasteiger partial charge in [-0.25, -0.2) is 0 Å². The van der Waals surface area contributed by atoms with Crippen molar-refractivity contribution in [2.45, 2.75) is 20.3 Å². The molecule has 112 valence electrons.